The van der Waals surface area contributed by atoms with Gasteiger partial charge in [-0.3, -0.25) is 9.97 Å². The van der Waals surface area contributed by atoms with Crippen LogP contribution in [0.15, 0.2) is 98.1 Å². The van der Waals surface area contributed by atoms with Crippen LogP contribution in [0.3, 0.4) is 0 Å². The summed E-state index contributed by atoms with van der Waals surface area (Å²) in [5.74, 6) is 0. The molecule has 4 heterocycles. The maximum Gasteiger partial charge on any atom is 0.169 e. The summed E-state index contributed by atoms with van der Waals surface area (Å²) >= 11 is 0. The molecule has 0 fully saturated rings. The van der Waals surface area contributed by atoms with Gasteiger partial charge in [-0.2, -0.15) is 0 Å². The molecule has 4 heteroatoms. The summed E-state index contributed by atoms with van der Waals surface area (Å²) < 4.78 is 4.61. The third-order valence-corrected chi connectivity index (χ3v) is 7.27. The molecular formula is C36H44N4+2. The minimum Gasteiger partial charge on any atom is -0.265 e. The normalized spacial score (nSPS) is 11.5. The second-order valence-electron chi connectivity index (χ2n) is 10.5. The number of rotatable bonds is 17. The molecule has 0 bridgehead atoms. The average Bonchev–Trinajstić information content (AvgIpc) is 3.02. The number of hydrogen-bond donors (Lipinski definition) is 0. The van der Waals surface area contributed by atoms with Crippen LogP contribution >= 0.6 is 0 Å². The Bertz CT molecular complexity index is 1160. The first kappa shape index (κ1) is 29.1. The van der Waals surface area contributed by atoms with Gasteiger partial charge in [0.25, 0.3) is 0 Å². The van der Waals surface area contributed by atoms with E-state index in [1.165, 1.54) is 86.5 Å². The summed E-state index contributed by atoms with van der Waals surface area (Å²) in [6, 6.07) is 16.8. The van der Waals surface area contributed by atoms with Crippen LogP contribution in [-0.2, 0) is 13.1 Å². The number of aryl methyl sites for hydroxylation is 2. The highest BCUT2D eigenvalue weighted by atomic mass is 14.9. The van der Waals surface area contributed by atoms with E-state index < -0.39 is 0 Å². The molecule has 206 valence electrons. The van der Waals surface area contributed by atoms with E-state index in [-0.39, 0.29) is 0 Å². The Labute approximate surface area is 240 Å². The first-order valence-corrected chi connectivity index (χ1v) is 15.0. The van der Waals surface area contributed by atoms with E-state index in [1.807, 2.05) is 49.1 Å². The van der Waals surface area contributed by atoms with Crippen LogP contribution < -0.4 is 9.13 Å². The lowest BCUT2D eigenvalue weighted by atomic mass is 10.1. The molecule has 0 saturated carbocycles. The summed E-state index contributed by atoms with van der Waals surface area (Å²) in [6.07, 6.45) is 38.1. The molecule has 0 aliphatic heterocycles. The van der Waals surface area contributed by atoms with Crippen molar-refractivity contribution in [3.8, 4) is 0 Å². The van der Waals surface area contributed by atoms with Crippen molar-refractivity contribution in [3.05, 3.63) is 120 Å². The number of pyridine rings is 4. The Morgan fingerprint density at radius 1 is 0.375 bits per heavy atom. The van der Waals surface area contributed by atoms with Crippen molar-refractivity contribution in [3.63, 3.8) is 0 Å². The fourth-order valence-corrected chi connectivity index (χ4v) is 4.80. The summed E-state index contributed by atoms with van der Waals surface area (Å²) in [6.45, 7) is 2.22. The van der Waals surface area contributed by atoms with Crippen molar-refractivity contribution < 1.29 is 9.13 Å². The summed E-state index contributed by atoms with van der Waals surface area (Å²) in [7, 11) is 0. The zero-order valence-electron chi connectivity index (χ0n) is 23.8. The van der Waals surface area contributed by atoms with Gasteiger partial charge in [-0.05, 0) is 59.4 Å². The van der Waals surface area contributed by atoms with E-state index in [0.29, 0.717) is 0 Å². The zero-order chi connectivity index (χ0) is 27.5. The van der Waals surface area contributed by atoms with E-state index in [1.54, 1.807) is 0 Å². The minimum atomic E-state index is 1.11. The SMILES string of the molecule is C(=C\c1cc[n+](CCCCCCCCCCCC[n+]2ccc(/C=C/c3ccncc3)cc2)cc1)/c1ccncc1. The molecule has 0 aliphatic rings. The maximum absolute atomic E-state index is 4.06. The smallest absolute Gasteiger partial charge is 0.169 e. The lowest BCUT2D eigenvalue weighted by Crippen LogP contribution is -2.32. The molecule has 0 unspecified atom stereocenters. The van der Waals surface area contributed by atoms with Gasteiger partial charge in [0, 0.05) is 61.9 Å². The maximum atomic E-state index is 4.06. The Morgan fingerprint density at radius 2 is 0.650 bits per heavy atom. The highest BCUT2D eigenvalue weighted by Gasteiger charge is 2.02. The molecule has 0 atom stereocenters. The molecule has 4 aromatic rings. The summed E-state index contributed by atoms with van der Waals surface area (Å²) in [5, 5.41) is 0. The van der Waals surface area contributed by atoms with Gasteiger partial charge in [-0.25, -0.2) is 9.13 Å². The van der Waals surface area contributed by atoms with Crippen LogP contribution in [0.1, 0.15) is 86.5 Å². The van der Waals surface area contributed by atoms with Gasteiger partial charge in [0.05, 0.1) is 0 Å². The lowest BCUT2D eigenvalue weighted by molar-refractivity contribution is -0.697. The third kappa shape index (κ3) is 11.4. The van der Waals surface area contributed by atoms with Crippen molar-refractivity contribution in [2.75, 3.05) is 0 Å². The van der Waals surface area contributed by atoms with Gasteiger partial charge in [-0.15, -0.1) is 0 Å². The molecule has 4 nitrogen and oxygen atoms in total. The van der Waals surface area contributed by atoms with E-state index in [2.05, 4.69) is 92.5 Å². The molecule has 0 spiro atoms. The Kier molecular flexibility index (Phi) is 12.8. The van der Waals surface area contributed by atoms with Gasteiger partial charge >= 0.3 is 0 Å². The van der Waals surface area contributed by atoms with Gasteiger partial charge < -0.3 is 0 Å². The summed E-state index contributed by atoms with van der Waals surface area (Å²) in [5.41, 5.74) is 4.81. The molecule has 0 amide bonds. The van der Waals surface area contributed by atoms with Crippen molar-refractivity contribution >= 4 is 24.3 Å². The number of unbranched alkanes of at least 4 members (excludes halogenated alkanes) is 9. The van der Waals surface area contributed by atoms with Gasteiger partial charge in [0.15, 0.2) is 24.8 Å². The number of nitrogens with zero attached hydrogens (tertiary/aromatic N) is 4. The van der Waals surface area contributed by atoms with E-state index in [0.717, 1.165) is 13.1 Å². The van der Waals surface area contributed by atoms with Gasteiger partial charge in [-0.1, -0.05) is 62.8 Å². The minimum absolute atomic E-state index is 1.11. The second-order valence-corrected chi connectivity index (χ2v) is 10.5. The molecule has 0 N–H and O–H groups in total. The third-order valence-electron chi connectivity index (χ3n) is 7.27. The highest BCUT2D eigenvalue weighted by Crippen LogP contribution is 2.11. The van der Waals surface area contributed by atoms with E-state index in [4.69, 9.17) is 0 Å². The van der Waals surface area contributed by atoms with Crippen molar-refractivity contribution in [1.82, 2.24) is 9.97 Å². The Hall–Kier alpha value is -3.92. The fourth-order valence-electron chi connectivity index (χ4n) is 4.80. The topological polar surface area (TPSA) is 33.5 Å². The zero-order valence-corrected chi connectivity index (χ0v) is 23.8. The standard InChI is InChI=1S/C36H44N4/c1(3-5-7-9-27-39-29-19-35(20-30-39)13-11-33-15-23-37-24-16-33)2-4-6-8-10-28-40-31-21-36(22-32-40)14-12-34-17-25-38-26-18-34/h11-26,29-32H,1-10,27-28H2/q+2/b13-11+,14-12+. The van der Waals surface area contributed by atoms with Crippen LogP contribution in [0, 0.1) is 0 Å². The molecule has 0 saturated heterocycles. The fraction of sp³-hybridized carbons (Fsp3) is 0.333. The molecular weight excluding hydrogens is 488 g/mol. The first-order valence-electron chi connectivity index (χ1n) is 15.0. The molecule has 0 aliphatic carbocycles. The van der Waals surface area contributed by atoms with Gasteiger partial charge in [0.2, 0.25) is 0 Å². The van der Waals surface area contributed by atoms with Crippen LogP contribution in [0.4, 0.5) is 0 Å². The van der Waals surface area contributed by atoms with Crippen molar-refractivity contribution in [2.24, 2.45) is 0 Å². The van der Waals surface area contributed by atoms with Crippen LogP contribution in [-0.4, -0.2) is 9.97 Å². The van der Waals surface area contributed by atoms with Crippen LogP contribution in [0.2, 0.25) is 0 Å². The van der Waals surface area contributed by atoms with Crippen LogP contribution in [0.5, 0.6) is 0 Å². The molecule has 40 heavy (non-hydrogen) atoms. The Balaban J connectivity index is 0.963. The lowest BCUT2D eigenvalue weighted by Gasteiger charge is -2.02. The highest BCUT2D eigenvalue weighted by molar-refractivity contribution is 5.69. The second kappa shape index (κ2) is 17.6. The summed E-state index contributed by atoms with van der Waals surface area (Å²) in [4.78, 5) is 8.12. The number of aromatic nitrogens is 4. The van der Waals surface area contributed by atoms with Crippen molar-refractivity contribution in [2.45, 2.75) is 77.3 Å². The predicted molar refractivity (Wildman–Crippen MR) is 166 cm³/mol. The quantitative estimate of drug-likeness (QED) is 0.102. The predicted octanol–water partition coefficient (Wildman–Crippen LogP) is 7.99. The van der Waals surface area contributed by atoms with E-state index >= 15 is 0 Å². The largest absolute Gasteiger partial charge is 0.265 e. The van der Waals surface area contributed by atoms with Crippen LogP contribution in [0.25, 0.3) is 24.3 Å². The van der Waals surface area contributed by atoms with E-state index in [9.17, 15) is 0 Å². The molecule has 0 radical (unpaired) electrons. The first-order chi connectivity index (χ1) is 19.8. The molecule has 0 aromatic carbocycles. The Morgan fingerprint density at radius 3 is 0.975 bits per heavy atom. The monoisotopic (exact) mass is 532 g/mol. The molecule has 4 aromatic heterocycles. The van der Waals surface area contributed by atoms with Gasteiger partial charge in [0.1, 0.15) is 13.1 Å². The average molecular weight is 533 g/mol. The van der Waals surface area contributed by atoms with Crippen molar-refractivity contribution in [1.29, 1.82) is 0 Å². The number of hydrogen-bond acceptors (Lipinski definition) is 2. The molecule has 4 rings (SSSR count).